The first-order chi connectivity index (χ1) is 8.58. The maximum absolute atomic E-state index is 12.2. The van der Waals surface area contributed by atoms with E-state index in [4.69, 9.17) is 0 Å². The molecule has 2 saturated heterocycles. The first-order valence-corrected chi connectivity index (χ1v) is 7.35. The summed E-state index contributed by atoms with van der Waals surface area (Å²) in [5, 5.41) is 3.23. The topological polar surface area (TPSA) is 35.6 Å². The molecule has 2 aliphatic heterocycles. The van der Waals surface area contributed by atoms with Crippen molar-refractivity contribution in [2.45, 2.75) is 58.2 Å². The van der Waals surface area contributed by atoms with Gasteiger partial charge in [-0.25, -0.2) is 0 Å². The third kappa shape index (κ3) is 3.23. The Hall–Kier alpha value is -0.610. The van der Waals surface area contributed by atoms with Crippen molar-refractivity contribution in [2.75, 3.05) is 26.2 Å². The third-order valence-electron chi connectivity index (χ3n) is 4.17. The molecule has 0 aliphatic carbocycles. The second-order valence-electron chi connectivity index (χ2n) is 6.08. The van der Waals surface area contributed by atoms with Crippen molar-refractivity contribution >= 4 is 5.91 Å². The van der Waals surface area contributed by atoms with E-state index in [1.54, 1.807) is 0 Å². The van der Waals surface area contributed by atoms with Crippen LogP contribution in [0.15, 0.2) is 0 Å². The zero-order valence-corrected chi connectivity index (χ0v) is 12.0. The molecule has 2 fully saturated rings. The van der Waals surface area contributed by atoms with Gasteiger partial charge in [0.2, 0.25) is 5.91 Å². The quantitative estimate of drug-likeness (QED) is 0.817. The Bertz CT molecular complexity index is 293. The Balaban J connectivity index is 1.90. The zero-order chi connectivity index (χ0) is 13.1. The van der Waals surface area contributed by atoms with E-state index in [1.807, 2.05) is 0 Å². The molecule has 0 spiro atoms. The standard InChI is InChI=1S/C14H27N3O/c1-11(2)15-8-14(18)17-10-13-6-4-5-7-16(13)9-12(17)3/h11-13,15H,4-10H2,1-3H3. The molecule has 0 aromatic carbocycles. The van der Waals surface area contributed by atoms with Gasteiger partial charge in [0.25, 0.3) is 0 Å². The molecule has 2 rings (SSSR count). The van der Waals surface area contributed by atoms with Crippen LogP contribution in [-0.2, 0) is 4.79 Å². The van der Waals surface area contributed by atoms with Gasteiger partial charge < -0.3 is 10.2 Å². The molecule has 18 heavy (non-hydrogen) atoms. The smallest absolute Gasteiger partial charge is 0.236 e. The second kappa shape index (κ2) is 6.02. The van der Waals surface area contributed by atoms with Gasteiger partial charge in [-0.2, -0.15) is 0 Å². The number of amides is 1. The van der Waals surface area contributed by atoms with E-state index < -0.39 is 0 Å². The van der Waals surface area contributed by atoms with Gasteiger partial charge in [0, 0.05) is 31.2 Å². The average Bonchev–Trinajstić information content (AvgIpc) is 2.35. The van der Waals surface area contributed by atoms with Gasteiger partial charge in [-0.3, -0.25) is 9.69 Å². The van der Waals surface area contributed by atoms with E-state index in [0.29, 0.717) is 24.7 Å². The molecule has 2 heterocycles. The van der Waals surface area contributed by atoms with E-state index in [-0.39, 0.29) is 5.91 Å². The molecule has 2 unspecified atom stereocenters. The average molecular weight is 253 g/mol. The Labute approximate surface area is 111 Å². The number of carbonyl (C=O) groups is 1. The lowest BCUT2D eigenvalue weighted by Gasteiger charge is -2.47. The highest BCUT2D eigenvalue weighted by Crippen LogP contribution is 2.23. The molecule has 4 heteroatoms. The summed E-state index contributed by atoms with van der Waals surface area (Å²) in [4.78, 5) is 16.9. The maximum atomic E-state index is 12.2. The number of piperazine rings is 1. The summed E-state index contributed by atoms with van der Waals surface area (Å²) in [5.74, 6) is 0.265. The van der Waals surface area contributed by atoms with Gasteiger partial charge in [-0.15, -0.1) is 0 Å². The van der Waals surface area contributed by atoms with E-state index in [0.717, 1.165) is 13.1 Å². The number of carbonyl (C=O) groups excluding carboxylic acids is 1. The number of rotatable bonds is 3. The lowest BCUT2D eigenvalue weighted by molar-refractivity contribution is -0.137. The summed E-state index contributed by atoms with van der Waals surface area (Å²) in [5.41, 5.74) is 0. The number of fused-ring (bicyclic) bond motifs is 1. The van der Waals surface area contributed by atoms with Crippen LogP contribution >= 0.6 is 0 Å². The predicted molar refractivity (Wildman–Crippen MR) is 73.5 cm³/mol. The number of nitrogens with one attached hydrogen (secondary N) is 1. The normalized spacial score (nSPS) is 29.4. The summed E-state index contributed by atoms with van der Waals surface area (Å²) in [6.07, 6.45) is 3.90. The Morgan fingerprint density at radius 1 is 1.33 bits per heavy atom. The molecule has 104 valence electrons. The number of piperidine rings is 1. The van der Waals surface area contributed by atoms with Crippen LogP contribution in [-0.4, -0.2) is 60.0 Å². The third-order valence-corrected chi connectivity index (χ3v) is 4.17. The number of nitrogens with zero attached hydrogens (tertiary/aromatic N) is 2. The molecular weight excluding hydrogens is 226 g/mol. The van der Waals surface area contributed by atoms with Gasteiger partial charge >= 0.3 is 0 Å². The fraction of sp³-hybridized carbons (Fsp3) is 0.929. The molecule has 0 aromatic heterocycles. The largest absolute Gasteiger partial charge is 0.336 e. The van der Waals surface area contributed by atoms with Gasteiger partial charge in [-0.1, -0.05) is 20.3 Å². The summed E-state index contributed by atoms with van der Waals surface area (Å²) in [6, 6.07) is 1.35. The molecule has 0 aromatic rings. The molecule has 0 saturated carbocycles. The van der Waals surface area contributed by atoms with Crippen LogP contribution in [0.3, 0.4) is 0 Å². The van der Waals surface area contributed by atoms with E-state index in [1.165, 1.54) is 25.8 Å². The van der Waals surface area contributed by atoms with Crippen LogP contribution in [0.25, 0.3) is 0 Å². The van der Waals surface area contributed by atoms with Crippen molar-refractivity contribution in [1.82, 2.24) is 15.1 Å². The molecular formula is C14H27N3O. The van der Waals surface area contributed by atoms with E-state index in [9.17, 15) is 4.79 Å². The predicted octanol–water partition coefficient (Wildman–Crippen LogP) is 1.07. The van der Waals surface area contributed by atoms with Crippen molar-refractivity contribution in [1.29, 1.82) is 0 Å². The number of hydrogen-bond acceptors (Lipinski definition) is 3. The highest BCUT2D eigenvalue weighted by Gasteiger charge is 2.34. The molecule has 1 amide bonds. The summed E-state index contributed by atoms with van der Waals surface area (Å²) in [7, 11) is 0. The summed E-state index contributed by atoms with van der Waals surface area (Å²) >= 11 is 0. The summed E-state index contributed by atoms with van der Waals surface area (Å²) < 4.78 is 0. The molecule has 0 radical (unpaired) electrons. The minimum Gasteiger partial charge on any atom is -0.336 e. The SMILES string of the molecule is CC(C)NCC(=O)N1CC2CCCCN2CC1C. The van der Waals surface area contributed by atoms with Crippen molar-refractivity contribution in [2.24, 2.45) is 0 Å². The van der Waals surface area contributed by atoms with Gasteiger partial charge in [-0.05, 0) is 26.3 Å². The molecule has 4 nitrogen and oxygen atoms in total. The van der Waals surface area contributed by atoms with Crippen LogP contribution in [0.2, 0.25) is 0 Å². The molecule has 2 aliphatic rings. The van der Waals surface area contributed by atoms with E-state index in [2.05, 4.69) is 35.9 Å². The maximum Gasteiger partial charge on any atom is 0.236 e. The van der Waals surface area contributed by atoms with Crippen LogP contribution in [0.1, 0.15) is 40.0 Å². The first-order valence-electron chi connectivity index (χ1n) is 7.35. The van der Waals surface area contributed by atoms with Crippen molar-refractivity contribution in [3.63, 3.8) is 0 Å². The van der Waals surface area contributed by atoms with Crippen molar-refractivity contribution in [3.8, 4) is 0 Å². The molecule has 1 N–H and O–H groups in total. The minimum atomic E-state index is 0.265. The molecule has 2 atom stereocenters. The van der Waals surface area contributed by atoms with Crippen molar-refractivity contribution < 1.29 is 4.79 Å². The highest BCUT2D eigenvalue weighted by atomic mass is 16.2. The van der Waals surface area contributed by atoms with E-state index >= 15 is 0 Å². The lowest BCUT2D eigenvalue weighted by atomic mass is 9.97. The van der Waals surface area contributed by atoms with Gasteiger partial charge in [0.15, 0.2) is 0 Å². The Morgan fingerprint density at radius 2 is 2.11 bits per heavy atom. The monoisotopic (exact) mass is 253 g/mol. The fourth-order valence-corrected chi connectivity index (χ4v) is 3.09. The zero-order valence-electron chi connectivity index (χ0n) is 12.0. The highest BCUT2D eigenvalue weighted by molar-refractivity contribution is 5.78. The number of hydrogen-bond donors (Lipinski definition) is 1. The second-order valence-corrected chi connectivity index (χ2v) is 6.08. The van der Waals surface area contributed by atoms with Gasteiger partial charge in [0.1, 0.15) is 0 Å². The van der Waals surface area contributed by atoms with Crippen LogP contribution < -0.4 is 5.32 Å². The van der Waals surface area contributed by atoms with Gasteiger partial charge in [0.05, 0.1) is 6.54 Å². The van der Waals surface area contributed by atoms with Crippen LogP contribution in [0.5, 0.6) is 0 Å². The Morgan fingerprint density at radius 3 is 2.83 bits per heavy atom. The van der Waals surface area contributed by atoms with Crippen molar-refractivity contribution in [3.05, 3.63) is 0 Å². The molecule has 0 bridgehead atoms. The summed E-state index contributed by atoms with van der Waals surface area (Å²) in [6.45, 7) is 10.0. The first kappa shape index (κ1) is 13.8. The lowest BCUT2D eigenvalue weighted by Crippen LogP contribution is -2.61. The van der Waals surface area contributed by atoms with Crippen LogP contribution in [0, 0.1) is 0 Å². The van der Waals surface area contributed by atoms with Crippen LogP contribution in [0.4, 0.5) is 0 Å². The Kier molecular flexibility index (Phi) is 4.62. The fourth-order valence-electron chi connectivity index (χ4n) is 3.09. The minimum absolute atomic E-state index is 0.265.